The fourth-order valence-corrected chi connectivity index (χ4v) is 4.31. The lowest BCUT2D eigenvalue weighted by Crippen LogP contribution is -2.63. The number of carbonyl (C=O) groups is 1. The first-order valence-corrected chi connectivity index (χ1v) is 9.17. The van der Waals surface area contributed by atoms with Crippen LogP contribution >= 0.6 is 0 Å². The highest BCUT2D eigenvalue weighted by Crippen LogP contribution is 2.51. The number of aliphatic hydroxyl groups is 1. The summed E-state index contributed by atoms with van der Waals surface area (Å²) in [6.07, 6.45) is 6.60. The summed E-state index contributed by atoms with van der Waals surface area (Å²) in [4.78, 5) is 14.8. The Bertz CT molecular complexity index is 355. The topological polar surface area (TPSA) is 49.8 Å². The minimum absolute atomic E-state index is 0.0855. The number of likely N-dealkylation sites (tertiary alicyclic amines) is 1. The summed E-state index contributed by atoms with van der Waals surface area (Å²) in [5, 5.41) is 10.2. The molecule has 2 rings (SSSR count). The zero-order valence-electron chi connectivity index (χ0n) is 14.5. The van der Waals surface area contributed by atoms with Crippen LogP contribution in [0.3, 0.4) is 0 Å². The predicted octanol–water partition coefficient (Wildman–Crippen LogP) is 2.98. The summed E-state index contributed by atoms with van der Waals surface area (Å²) in [6, 6.07) is 0. The average Bonchev–Trinajstić information content (AvgIpc) is 2.54. The molecule has 4 nitrogen and oxygen atoms in total. The highest BCUT2D eigenvalue weighted by atomic mass is 16.5. The van der Waals surface area contributed by atoms with Crippen LogP contribution < -0.4 is 0 Å². The van der Waals surface area contributed by atoms with Crippen molar-refractivity contribution in [2.45, 2.75) is 77.9 Å². The Morgan fingerprint density at radius 3 is 2.27 bits per heavy atom. The van der Waals surface area contributed by atoms with E-state index in [1.54, 1.807) is 0 Å². The van der Waals surface area contributed by atoms with E-state index >= 15 is 0 Å². The minimum Gasteiger partial charge on any atom is -0.392 e. The number of rotatable bonds is 7. The van der Waals surface area contributed by atoms with Crippen LogP contribution in [0.15, 0.2) is 0 Å². The Labute approximate surface area is 135 Å². The highest BCUT2D eigenvalue weighted by molar-refractivity contribution is 5.79. The van der Waals surface area contributed by atoms with Gasteiger partial charge in [-0.05, 0) is 32.6 Å². The van der Waals surface area contributed by atoms with E-state index in [1.165, 1.54) is 0 Å². The van der Waals surface area contributed by atoms with Crippen molar-refractivity contribution >= 4 is 5.91 Å². The SMILES string of the molecule is CCCC(CCC)C(=O)N1CCC2(CC1)C(O)CC2OCC. The van der Waals surface area contributed by atoms with Crippen LogP contribution in [-0.4, -0.2) is 47.8 Å². The van der Waals surface area contributed by atoms with Crippen molar-refractivity contribution in [2.75, 3.05) is 19.7 Å². The summed E-state index contributed by atoms with van der Waals surface area (Å²) >= 11 is 0. The van der Waals surface area contributed by atoms with Crippen LogP contribution in [0.5, 0.6) is 0 Å². The van der Waals surface area contributed by atoms with E-state index in [1.807, 2.05) is 11.8 Å². The van der Waals surface area contributed by atoms with Crippen molar-refractivity contribution in [1.29, 1.82) is 0 Å². The van der Waals surface area contributed by atoms with Gasteiger partial charge in [-0.25, -0.2) is 0 Å². The van der Waals surface area contributed by atoms with Gasteiger partial charge in [-0.2, -0.15) is 0 Å². The molecular weight excluding hydrogens is 278 g/mol. The van der Waals surface area contributed by atoms with Crippen molar-refractivity contribution < 1.29 is 14.6 Å². The summed E-state index contributed by atoms with van der Waals surface area (Å²) in [5.74, 6) is 0.526. The maximum Gasteiger partial charge on any atom is 0.225 e. The Morgan fingerprint density at radius 2 is 1.82 bits per heavy atom. The van der Waals surface area contributed by atoms with Crippen molar-refractivity contribution in [1.82, 2.24) is 4.90 Å². The standard InChI is InChI=1S/C18H33NO3/c1-4-7-14(8-5-2)17(21)19-11-9-18(10-12-19)15(20)13-16(18)22-6-3/h14-16,20H,4-13H2,1-3H3. The van der Waals surface area contributed by atoms with Gasteiger partial charge in [0.25, 0.3) is 0 Å². The van der Waals surface area contributed by atoms with Gasteiger partial charge in [0.15, 0.2) is 0 Å². The molecule has 2 aliphatic rings. The summed E-state index contributed by atoms with van der Waals surface area (Å²) < 4.78 is 5.80. The van der Waals surface area contributed by atoms with E-state index in [2.05, 4.69) is 13.8 Å². The van der Waals surface area contributed by atoms with E-state index in [-0.39, 0.29) is 23.5 Å². The van der Waals surface area contributed by atoms with E-state index in [0.717, 1.165) is 58.0 Å². The molecule has 1 aliphatic carbocycles. The second-order valence-electron chi connectivity index (χ2n) is 7.03. The van der Waals surface area contributed by atoms with Crippen LogP contribution in [0.1, 0.15) is 65.7 Å². The van der Waals surface area contributed by atoms with Gasteiger partial charge in [-0.15, -0.1) is 0 Å². The maximum absolute atomic E-state index is 12.7. The van der Waals surface area contributed by atoms with Gasteiger partial charge in [-0.1, -0.05) is 26.7 Å². The molecule has 1 amide bonds. The van der Waals surface area contributed by atoms with Crippen molar-refractivity contribution in [3.05, 3.63) is 0 Å². The third-order valence-corrected chi connectivity index (χ3v) is 5.74. The van der Waals surface area contributed by atoms with Crippen molar-refractivity contribution in [3.8, 4) is 0 Å². The zero-order chi connectivity index (χ0) is 16.2. The molecule has 0 aromatic rings. The molecule has 1 saturated carbocycles. The first-order valence-electron chi connectivity index (χ1n) is 9.17. The monoisotopic (exact) mass is 311 g/mol. The highest BCUT2D eigenvalue weighted by Gasteiger charge is 2.56. The number of nitrogens with zero attached hydrogens (tertiary/aromatic N) is 1. The zero-order valence-corrected chi connectivity index (χ0v) is 14.5. The second kappa shape index (κ2) is 7.78. The van der Waals surface area contributed by atoms with Gasteiger partial charge in [0.1, 0.15) is 0 Å². The van der Waals surface area contributed by atoms with Gasteiger partial charge >= 0.3 is 0 Å². The van der Waals surface area contributed by atoms with Crippen LogP contribution in [0.4, 0.5) is 0 Å². The predicted molar refractivity (Wildman–Crippen MR) is 87.6 cm³/mol. The number of carbonyl (C=O) groups excluding carboxylic acids is 1. The number of amides is 1. The van der Waals surface area contributed by atoms with E-state index < -0.39 is 0 Å². The molecule has 128 valence electrons. The number of aliphatic hydroxyl groups excluding tert-OH is 1. The molecular formula is C18H33NO3. The lowest BCUT2D eigenvalue weighted by atomic mass is 9.58. The normalized spacial score (nSPS) is 27.2. The van der Waals surface area contributed by atoms with Gasteiger partial charge in [0, 0.05) is 37.5 Å². The van der Waals surface area contributed by atoms with Crippen molar-refractivity contribution in [2.24, 2.45) is 11.3 Å². The molecule has 1 heterocycles. The summed E-state index contributed by atoms with van der Waals surface area (Å²) in [7, 11) is 0. The maximum atomic E-state index is 12.7. The molecule has 0 aromatic heterocycles. The molecule has 1 spiro atoms. The fraction of sp³-hybridized carbons (Fsp3) is 0.944. The fourth-order valence-electron chi connectivity index (χ4n) is 4.31. The Kier molecular flexibility index (Phi) is 6.27. The molecule has 0 radical (unpaired) electrons. The molecule has 1 aliphatic heterocycles. The number of hydrogen-bond donors (Lipinski definition) is 1. The molecule has 1 N–H and O–H groups in total. The van der Waals surface area contributed by atoms with Crippen LogP contribution in [-0.2, 0) is 9.53 Å². The third-order valence-electron chi connectivity index (χ3n) is 5.74. The van der Waals surface area contributed by atoms with Crippen molar-refractivity contribution in [3.63, 3.8) is 0 Å². The molecule has 4 heteroatoms. The number of ether oxygens (including phenoxy) is 1. The second-order valence-corrected chi connectivity index (χ2v) is 7.03. The molecule has 22 heavy (non-hydrogen) atoms. The third kappa shape index (κ3) is 3.33. The van der Waals surface area contributed by atoms with Gasteiger partial charge < -0.3 is 14.7 Å². The average molecular weight is 311 g/mol. The number of hydrogen-bond acceptors (Lipinski definition) is 3. The summed E-state index contributed by atoms with van der Waals surface area (Å²) in [6.45, 7) is 8.58. The van der Waals surface area contributed by atoms with Crippen LogP contribution in [0.2, 0.25) is 0 Å². The Morgan fingerprint density at radius 1 is 1.23 bits per heavy atom. The number of piperidine rings is 1. The lowest BCUT2D eigenvalue weighted by molar-refractivity contribution is -0.210. The molecule has 2 atom stereocenters. The van der Waals surface area contributed by atoms with Gasteiger partial charge in [0.05, 0.1) is 12.2 Å². The molecule has 0 aromatic carbocycles. The molecule has 2 fully saturated rings. The van der Waals surface area contributed by atoms with Crippen LogP contribution in [0.25, 0.3) is 0 Å². The quantitative estimate of drug-likeness (QED) is 0.786. The molecule has 1 saturated heterocycles. The van der Waals surface area contributed by atoms with E-state index in [9.17, 15) is 9.90 Å². The first kappa shape index (κ1) is 17.7. The van der Waals surface area contributed by atoms with Crippen LogP contribution in [0, 0.1) is 11.3 Å². The first-order chi connectivity index (χ1) is 10.6. The summed E-state index contributed by atoms with van der Waals surface area (Å²) in [5.41, 5.74) is -0.0855. The van der Waals surface area contributed by atoms with Gasteiger partial charge in [0.2, 0.25) is 5.91 Å². The van der Waals surface area contributed by atoms with Gasteiger partial charge in [-0.3, -0.25) is 4.79 Å². The Hall–Kier alpha value is -0.610. The minimum atomic E-state index is -0.247. The largest absolute Gasteiger partial charge is 0.392 e. The smallest absolute Gasteiger partial charge is 0.225 e. The van der Waals surface area contributed by atoms with E-state index in [0.29, 0.717) is 12.5 Å². The molecule has 2 unspecified atom stereocenters. The lowest BCUT2D eigenvalue weighted by Gasteiger charge is -2.56. The molecule has 0 bridgehead atoms. The van der Waals surface area contributed by atoms with E-state index in [4.69, 9.17) is 4.74 Å². The Balaban J connectivity index is 1.92.